The third-order valence-electron chi connectivity index (χ3n) is 3.75. The molecule has 0 spiro atoms. The molecular weight excluding hydrogens is 306 g/mol. The zero-order chi connectivity index (χ0) is 15.0. The minimum absolute atomic E-state index is 0.204. The van der Waals surface area contributed by atoms with Gasteiger partial charge in [-0.1, -0.05) is 6.07 Å². The van der Waals surface area contributed by atoms with Crippen LogP contribution in [0.3, 0.4) is 0 Å². The number of nitrogens with one attached hydrogen (secondary N) is 1. The number of fused-ring (bicyclic) bond motifs is 1. The van der Waals surface area contributed by atoms with E-state index in [4.69, 9.17) is 0 Å². The first-order valence-electron chi connectivity index (χ1n) is 6.84. The maximum atomic E-state index is 12.5. The number of thiophene rings is 1. The predicted molar refractivity (Wildman–Crippen MR) is 84.3 cm³/mol. The van der Waals surface area contributed by atoms with E-state index in [-0.39, 0.29) is 11.5 Å². The molecule has 0 saturated heterocycles. The molecule has 1 aromatic heterocycles. The van der Waals surface area contributed by atoms with E-state index in [9.17, 15) is 13.5 Å². The van der Waals surface area contributed by atoms with Crippen LogP contribution in [0.1, 0.15) is 28.0 Å². The first-order valence-corrected chi connectivity index (χ1v) is 9.20. The number of anilines is 1. The molecule has 2 aromatic rings. The van der Waals surface area contributed by atoms with Gasteiger partial charge in [-0.3, -0.25) is 4.72 Å². The van der Waals surface area contributed by atoms with E-state index in [1.807, 2.05) is 18.2 Å². The highest BCUT2D eigenvalue weighted by atomic mass is 32.2. The summed E-state index contributed by atoms with van der Waals surface area (Å²) in [6.45, 7) is 1.48. The summed E-state index contributed by atoms with van der Waals surface area (Å²) in [5.74, 6) is 0. The maximum absolute atomic E-state index is 12.5. The summed E-state index contributed by atoms with van der Waals surface area (Å²) >= 11 is 1.26. The number of aliphatic hydroxyl groups is 1. The molecule has 6 heteroatoms. The number of benzene rings is 1. The Hall–Kier alpha value is -1.37. The van der Waals surface area contributed by atoms with Crippen molar-refractivity contribution in [1.29, 1.82) is 0 Å². The van der Waals surface area contributed by atoms with Crippen LogP contribution in [0.25, 0.3) is 0 Å². The molecule has 0 bridgehead atoms. The van der Waals surface area contributed by atoms with Crippen molar-refractivity contribution in [2.75, 3.05) is 4.72 Å². The van der Waals surface area contributed by atoms with Gasteiger partial charge in [0.25, 0.3) is 10.0 Å². The van der Waals surface area contributed by atoms with Crippen LogP contribution in [0.15, 0.2) is 28.5 Å². The number of sulfonamides is 1. The minimum Gasteiger partial charge on any atom is -0.391 e. The Morgan fingerprint density at radius 2 is 2.05 bits per heavy atom. The van der Waals surface area contributed by atoms with Gasteiger partial charge in [0.2, 0.25) is 0 Å². The molecule has 0 radical (unpaired) electrons. The zero-order valence-corrected chi connectivity index (χ0v) is 13.4. The number of aliphatic hydroxyl groups excluding tert-OH is 1. The molecule has 0 unspecified atom stereocenters. The Morgan fingerprint density at radius 1 is 1.29 bits per heavy atom. The Balaban J connectivity index is 1.94. The van der Waals surface area contributed by atoms with Crippen LogP contribution in [-0.4, -0.2) is 13.5 Å². The van der Waals surface area contributed by atoms with Crippen molar-refractivity contribution in [1.82, 2.24) is 0 Å². The van der Waals surface area contributed by atoms with Crippen molar-refractivity contribution in [2.24, 2.45) is 0 Å². The normalized spacial score (nSPS) is 14.2. The van der Waals surface area contributed by atoms with E-state index in [1.54, 1.807) is 12.3 Å². The molecule has 0 saturated carbocycles. The lowest BCUT2D eigenvalue weighted by Gasteiger charge is -2.11. The summed E-state index contributed by atoms with van der Waals surface area (Å²) in [6, 6.07) is 5.72. The van der Waals surface area contributed by atoms with Gasteiger partial charge in [0.1, 0.15) is 4.90 Å². The van der Waals surface area contributed by atoms with E-state index < -0.39 is 10.0 Å². The highest BCUT2D eigenvalue weighted by Crippen LogP contribution is 2.30. The van der Waals surface area contributed by atoms with E-state index >= 15 is 0 Å². The highest BCUT2D eigenvalue weighted by Gasteiger charge is 2.23. The summed E-state index contributed by atoms with van der Waals surface area (Å²) in [5.41, 5.74) is 3.78. The van der Waals surface area contributed by atoms with Gasteiger partial charge in [-0.2, -0.15) is 0 Å². The first-order chi connectivity index (χ1) is 10.0. The Labute approximate surface area is 128 Å². The van der Waals surface area contributed by atoms with Crippen molar-refractivity contribution >= 4 is 27.0 Å². The molecular formula is C15H17NO3S2. The summed E-state index contributed by atoms with van der Waals surface area (Å²) in [5, 5.41) is 11.1. The van der Waals surface area contributed by atoms with Gasteiger partial charge in [-0.25, -0.2) is 8.42 Å². The topological polar surface area (TPSA) is 66.4 Å². The van der Waals surface area contributed by atoms with Crippen LogP contribution < -0.4 is 4.72 Å². The molecule has 0 fully saturated rings. The first kappa shape index (κ1) is 14.6. The second kappa shape index (κ2) is 5.44. The van der Waals surface area contributed by atoms with E-state index in [1.165, 1.54) is 22.5 Å². The molecule has 1 heterocycles. The van der Waals surface area contributed by atoms with Gasteiger partial charge < -0.3 is 5.11 Å². The highest BCUT2D eigenvalue weighted by molar-refractivity contribution is 7.93. The van der Waals surface area contributed by atoms with E-state index in [2.05, 4.69) is 4.72 Å². The maximum Gasteiger partial charge on any atom is 0.263 e. The van der Waals surface area contributed by atoms with Gasteiger partial charge in [-0.15, -0.1) is 11.3 Å². The SMILES string of the molecule is Cc1csc(CO)c1S(=O)(=O)Nc1ccc2c(c1)CCC2. The summed E-state index contributed by atoms with van der Waals surface area (Å²) in [7, 11) is -3.66. The van der Waals surface area contributed by atoms with Crippen LogP contribution in [0, 0.1) is 6.92 Å². The number of aryl methyl sites for hydroxylation is 3. The van der Waals surface area contributed by atoms with Crippen molar-refractivity contribution < 1.29 is 13.5 Å². The van der Waals surface area contributed by atoms with E-state index in [0.717, 1.165) is 19.3 Å². The van der Waals surface area contributed by atoms with Gasteiger partial charge >= 0.3 is 0 Å². The van der Waals surface area contributed by atoms with Crippen LogP contribution in [-0.2, 0) is 29.5 Å². The Kier molecular flexibility index (Phi) is 3.77. The molecule has 2 N–H and O–H groups in total. The van der Waals surface area contributed by atoms with Gasteiger partial charge in [0, 0.05) is 5.69 Å². The average molecular weight is 323 g/mol. The molecule has 0 amide bonds. The summed E-state index contributed by atoms with van der Waals surface area (Å²) < 4.78 is 27.7. The molecule has 21 heavy (non-hydrogen) atoms. The van der Waals surface area contributed by atoms with Gasteiger partial charge in [-0.05, 0) is 60.4 Å². The second-order valence-corrected chi connectivity index (χ2v) is 7.86. The monoisotopic (exact) mass is 323 g/mol. The second-order valence-electron chi connectivity index (χ2n) is 5.27. The molecule has 1 aromatic carbocycles. The van der Waals surface area contributed by atoms with E-state index in [0.29, 0.717) is 16.1 Å². The third-order valence-corrected chi connectivity index (χ3v) is 6.58. The van der Waals surface area contributed by atoms with Gasteiger partial charge in [0.15, 0.2) is 0 Å². The van der Waals surface area contributed by atoms with Crippen LogP contribution >= 0.6 is 11.3 Å². The quantitative estimate of drug-likeness (QED) is 0.909. The third kappa shape index (κ3) is 2.71. The fourth-order valence-corrected chi connectivity index (χ4v) is 5.51. The smallest absolute Gasteiger partial charge is 0.263 e. The van der Waals surface area contributed by atoms with Crippen molar-refractivity contribution in [2.45, 2.75) is 37.7 Å². The van der Waals surface area contributed by atoms with Crippen molar-refractivity contribution in [3.8, 4) is 0 Å². The molecule has 0 aliphatic heterocycles. The van der Waals surface area contributed by atoms with Crippen LogP contribution in [0.4, 0.5) is 5.69 Å². The minimum atomic E-state index is -3.66. The molecule has 112 valence electrons. The Morgan fingerprint density at radius 3 is 2.81 bits per heavy atom. The van der Waals surface area contributed by atoms with Crippen LogP contribution in [0.2, 0.25) is 0 Å². The average Bonchev–Trinajstić information content (AvgIpc) is 3.03. The molecule has 1 aliphatic rings. The predicted octanol–water partition coefficient (Wildman–Crippen LogP) is 2.84. The number of hydrogen-bond donors (Lipinski definition) is 2. The summed E-state index contributed by atoms with van der Waals surface area (Å²) in [4.78, 5) is 0.677. The standard InChI is InChI=1S/C15H17NO3S2/c1-10-9-20-14(8-17)15(10)21(18,19)16-13-6-5-11-3-2-4-12(11)7-13/h5-7,9,16-17H,2-4,8H2,1H3. The lowest BCUT2D eigenvalue weighted by molar-refractivity contribution is 0.282. The Bertz CT molecular complexity index is 778. The van der Waals surface area contributed by atoms with Crippen molar-refractivity contribution in [3.63, 3.8) is 0 Å². The molecule has 1 aliphatic carbocycles. The fourth-order valence-electron chi connectivity index (χ4n) is 2.80. The zero-order valence-electron chi connectivity index (χ0n) is 11.7. The molecule has 4 nitrogen and oxygen atoms in total. The summed E-state index contributed by atoms with van der Waals surface area (Å²) in [6.07, 6.45) is 3.20. The number of hydrogen-bond acceptors (Lipinski definition) is 4. The van der Waals surface area contributed by atoms with Gasteiger partial charge in [0.05, 0.1) is 11.5 Å². The number of rotatable bonds is 4. The van der Waals surface area contributed by atoms with Crippen LogP contribution in [0.5, 0.6) is 0 Å². The fraction of sp³-hybridized carbons (Fsp3) is 0.333. The van der Waals surface area contributed by atoms with Crippen molar-refractivity contribution in [3.05, 3.63) is 45.1 Å². The largest absolute Gasteiger partial charge is 0.391 e. The lowest BCUT2D eigenvalue weighted by atomic mass is 10.1. The molecule has 3 rings (SSSR count). The lowest BCUT2D eigenvalue weighted by Crippen LogP contribution is -2.15. The molecule has 0 atom stereocenters.